The number of morpholine rings is 1. The van der Waals surface area contributed by atoms with Crippen LogP contribution in [-0.4, -0.2) is 31.2 Å². The number of ether oxygens (including phenoxy) is 2. The van der Waals surface area contributed by atoms with E-state index in [1.807, 2.05) is 18.2 Å². The normalized spacial score (nSPS) is 20.8. The molecule has 2 aromatic rings. The van der Waals surface area contributed by atoms with Gasteiger partial charge >= 0.3 is 0 Å². The number of hydrogen-bond acceptors (Lipinski definition) is 3. The Labute approximate surface area is 130 Å². The van der Waals surface area contributed by atoms with E-state index in [0.29, 0.717) is 0 Å². The Hall–Kier alpha value is -2.26. The smallest absolute Gasteiger partial charge is 0.163 e. The monoisotopic (exact) mass is 293 g/mol. The number of benzene rings is 2. The molecule has 22 heavy (non-hydrogen) atoms. The molecule has 1 unspecified atom stereocenters. The van der Waals surface area contributed by atoms with E-state index in [1.54, 1.807) is 0 Å². The summed E-state index contributed by atoms with van der Waals surface area (Å²) in [6.45, 7) is 3.39. The quantitative estimate of drug-likeness (QED) is 0.846. The highest BCUT2D eigenvalue weighted by atomic mass is 16.5. The van der Waals surface area contributed by atoms with E-state index in [-0.39, 0.29) is 6.10 Å². The second-order valence-corrected chi connectivity index (χ2v) is 5.62. The Kier molecular flexibility index (Phi) is 3.57. The Morgan fingerprint density at radius 1 is 0.864 bits per heavy atom. The van der Waals surface area contributed by atoms with Crippen LogP contribution in [0.15, 0.2) is 60.3 Å². The number of para-hydroxylation sites is 1. The van der Waals surface area contributed by atoms with Gasteiger partial charge in [0.1, 0.15) is 5.75 Å². The Morgan fingerprint density at radius 2 is 1.59 bits per heavy atom. The van der Waals surface area contributed by atoms with Gasteiger partial charge in [0.05, 0.1) is 18.9 Å². The van der Waals surface area contributed by atoms with Gasteiger partial charge in [-0.05, 0) is 17.7 Å². The van der Waals surface area contributed by atoms with Gasteiger partial charge in [0.2, 0.25) is 0 Å². The molecule has 2 aliphatic heterocycles. The van der Waals surface area contributed by atoms with Crippen LogP contribution in [0.25, 0.3) is 6.08 Å². The molecule has 1 fully saturated rings. The first-order valence-electron chi connectivity index (χ1n) is 7.77. The van der Waals surface area contributed by atoms with Crippen molar-refractivity contribution in [1.82, 2.24) is 4.90 Å². The summed E-state index contributed by atoms with van der Waals surface area (Å²) >= 11 is 0. The van der Waals surface area contributed by atoms with Gasteiger partial charge < -0.3 is 14.4 Å². The first-order valence-corrected chi connectivity index (χ1v) is 7.77. The van der Waals surface area contributed by atoms with E-state index in [0.717, 1.165) is 37.6 Å². The van der Waals surface area contributed by atoms with Crippen molar-refractivity contribution < 1.29 is 9.47 Å². The number of hydrogen-bond donors (Lipinski definition) is 0. The van der Waals surface area contributed by atoms with Crippen LogP contribution in [0, 0.1) is 0 Å². The SMILES string of the molecule is C1=C(N2CCOCC2)C(c2ccccc2)Oc2ccccc21. The van der Waals surface area contributed by atoms with Crippen molar-refractivity contribution in [2.24, 2.45) is 0 Å². The maximum absolute atomic E-state index is 6.33. The fourth-order valence-electron chi connectivity index (χ4n) is 3.07. The molecule has 0 amide bonds. The molecule has 3 nitrogen and oxygen atoms in total. The van der Waals surface area contributed by atoms with Gasteiger partial charge in [-0.15, -0.1) is 0 Å². The fourth-order valence-corrected chi connectivity index (χ4v) is 3.07. The summed E-state index contributed by atoms with van der Waals surface area (Å²) < 4.78 is 11.8. The first kappa shape index (κ1) is 13.4. The molecule has 0 radical (unpaired) electrons. The van der Waals surface area contributed by atoms with Crippen LogP contribution < -0.4 is 4.74 Å². The van der Waals surface area contributed by atoms with Crippen molar-refractivity contribution >= 4 is 6.08 Å². The topological polar surface area (TPSA) is 21.7 Å². The number of nitrogens with zero attached hydrogens (tertiary/aromatic N) is 1. The molecule has 1 saturated heterocycles. The van der Waals surface area contributed by atoms with E-state index in [1.165, 1.54) is 11.3 Å². The van der Waals surface area contributed by atoms with Crippen molar-refractivity contribution in [3.63, 3.8) is 0 Å². The minimum atomic E-state index is -0.0470. The van der Waals surface area contributed by atoms with Gasteiger partial charge in [-0.3, -0.25) is 0 Å². The molecule has 2 aliphatic rings. The minimum Gasteiger partial charge on any atom is -0.479 e. The standard InChI is InChI=1S/C19H19NO2/c1-2-6-15(7-3-1)19-17(20-10-12-21-13-11-20)14-16-8-4-5-9-18(16)22-19/h1-9,14,19H,10-13H2. The van der Waals surface area contributed by atoms with Crippen molar-refractivity contribution in [3.8, 4) is 5.75 Å². The Morgan fingerprint density at radius 3 is 2.41 bits per heavy atom. The predicted octanol–water partition coefficient (Wildman–Crippen LogP) is 3.49. The van der Waals surface area contributed by atoms with Crippen molar-refractivity contribution in [2.75, 3.05) is 26.3 Å². The lowest BCUT2D eigenvalue weighted by molar-refractivity contribution is 0.0416. The lowest BCUT2D eigenvalue weighted by atomic mass is 9.99. The summed E-state index contributed by atoms with van der Waals surface area (Å²) in [6, 6.07) is 18.7. The molecule has 0 saturated carbocycles. The largest absolute Gasteiger partial charge is 0.479 e. The minimum absolute atomic E-state index is 0.0470. The average Bonchev–Trinajstić information content (AvgIpc) is 2.62. The van der Waals surface area contributed by atoms with Gasteiger partial charge in [-0.25, -0.2) is 0 Å². The van der Waals surface area contributed by atoms with E-state index in [4.69, 9.17) is 9.47 Å². The van der Waals surface area contributed by atoms with Crippen LogP contribution in [0.1, 0.15) is 17.2 Å². The van der Waals surface area contributed by atoms with E-state index >= 15 is 0 Å². The third-order valence-corrected chi connectivity index (χ3v) is 4.21. The molecule has 112 valence electrons. The molecule has 4 rings (SSSR count). The number of rotatable bonds is 2. The van der Waals surface area contributed by atoms with Crippen LogP contribution in [-0.2, 0) is 4.74 Å². The van der Waals surface area contributed by atoms with Crippen molar-refractivity contribution in [3.05, 3.63) is 71.4 Å². The highest BCUT2D eigenvalue weighted by molar-refractivity contribution is 5.63. The molecule has 3 heteroatoms. The van der Waals surface area contributed by atoms with Crippen molar-refractivity contribution in [1.29, 1.82) is 0 Å². The molecular formula is C19H19NO2. The molecular weight excluding hydrogens is 274 g/mol. The van der Waals surface area contributed by atoms with Crippen LogP contribution in [0.5, 0.6) is 5.75 Å². The molecule has 0 bridgehead atoms. The van der Waals surface area contributed by atoms with Gasteiger partial charge in [0.15, 0.2) is 6.10 Å². The van der Waals surface area contributed by atoms with Crippen LogP contribution in [0.2, 0.25) is 0 Å². The third kappa shape index (κ3) is 2.48. The summed E-state index contributed by atoms with van der Waals surface area (Å²) in [5.74, 6) is 0.952. The maximum atomic E-state index is 6.33. The third-order valence-electron chi connectivity index (χ3n) is 4.21. The van der Waals surface area contributed by atoms with Gasteiger partial charge in [-0.1, -0.05) is 48.5 Å². The zero-order valence-electron chi connectivity index (χ0n) is 12.4. The molecule has 2 heterocycles. The van der Waals surface area contributed by atoms with Crippen LogP contribution in [0.4, 0.5) is 0 Å². The second-order valence-electron chi connectivity index (χ2n) is 5.62. The van der Waals surface area contributed by atoms with Crippen LogP contribution >= 0.6 is 0 Å². The summed E-state index contributed by atoms with van der Waals surface area (Å²) in [5.41, 5.74) is 3.57. The summed E-state index contributed by atoms with van der Waals surface area (Å²) in [7, 11) is 0. The number of fused-ring (bicyclic) bond motifs is 1. The highest BCUT2D eigenvalue weighted by Crippen LogP contribution is 2.38. The molecule has 0 aromatic heterocycles. The average molecular weight is 293 g/mol. The second kappa shape index (κ2) is 5.85. The van der Waals surface area contributed by atoms with Gasteiger partial charge in [0.25, 0.3) is 0 Å². The highest BCUT2D eigenvalue weighted by Gasteiger charge is 2.28. The zero-order chi connectivity index (χ0) is 14.8. The van der Waals surface area contributed by atoms with Gasteiger partial charge in [0, 0.05) is 18.7 Å². The Balaban J connectivity index is 1.76. The van der Waals surface area contributed by atoms with E-state index in [9.17, 15) is 0 Å². The molecule has 1 atom stereocenters. The van der Waals surface area contributed by atoms with E-state index < -0.39 is 0 Å². The zero-order valence-corrected chi connectivity index (χ0v) is 12.4. The van der Waals surface area contributed by atoms with Crippen molar-refractivity contribution in [2.45, 2.75) is 6.10 Å². The molecule has 0 N–H and O–H groups in total. The first-order chi connectivity index (χ1) is 10.9. The van der Waals surface area contributed by atoms with Gasteiger partial charge in [-0.2, -0.15) is 0 Å². The predicted molar refractivity (Wildman–Crippen MR) is 86.6 cm³/mol. The summed E-state index contributed by atoms with van der Waals surface area (Å²) in [6.07, 6.45) is 2.22. The lowest BCUT2D eigenvalue weighted by Gasteiger charge is -2.37. The summed E-state index contributed by atoms with van der Waals surface area (Å²) in [5, 5.41) is 0. The molecule has 0 spiro atoms. The summed E-state index contributed by atoms with van der Waals surface area (Å²) in [4.78, 5) is 2.39. The lowest BCUT2D eigenvalue weighted by Crippen LogP contribution is -2.39. The molecule has 0 aliphatic carbocycles. The van der Waals surface area contributed by atoms with Crippen LogP contribution in [0.3, 0.4) is 0 Å². The fraction of sp³-hybridized carbons (Fsp3) is 0.263. The van der Waals surface area contributed by atoms with E-state index in [2.05, 4.69) is 47.4 Å². The molecule has 2 aromatic carbocycles. The Bertz CT molecular complexity index is 675. The maximum Gasteiger partial charge on any atom is 0.163 e.